The Kier molecular flexibility index (Phi) is 3.44. The van der Waals surface area contributed by atoms with Crippen LogP contribution in [-0.2, 0) is 0 Å². The third-order valence-corrected chi connectivity index (χ3v) is 2.93. The van der Waals surface area contributed by atoms with E-state index in [1.165, 1.54) is 18.5 Å². The van der Waals surface area contributed by atoms with Gasteiger partial charge in [-0.1, -0.05) is 11.6 Å². The average molecular weight is 319 g/mol. The van der Waals surface area contributed by atoms with Crippen molar-refractivity contribution in [1.29, 1.82) is 0 Å². The van der Waals surface area contributed by atoms with Crippen molar-refractivity contribution in [2.75, 3.05) is 5.73 Å². The third kappa shape index (κ3) is 2.65. The second kappa shape index (κ2) is 4.85. The molecule has 2 rings (SSSR count). The number of ether oxygens (including phenoxy) is 1. The van der Waals surface area contributed by atoms with Gasteiger partial charge in [0.15, 0.2) is 0 Å². The molecule has 0 amide bonds. The highest BCUT2D eigenvalue weighted by Gasteiger charge is 2.10. The molecular weight excluding hydrogens is 312 g/mol. The minimum Gasteiger partial charge on any atom is -0.436 e. The predicted molar refractivity (Wildman–Crippen MR) is 65.6 cm³/mol. The maximum Gasteiger partial charge on any atom is 0.238 e. The first-order valence-electron chi connectivity index (χ1n) is 4.47. The third-order valence-electron chi connectivity index (χ3n) is 1.89. The normalized spacial score (nSPS) is 10.3. The molecule has 0 atom stereocenters. The van der Waals surface area contributed by atoms with E-state index in [0.29, 0.717) is 4.47 Å². The van der Waals surface area contributed by atoms with E-state index in [2.05, 4.69) is 25.9 Å². The Bertz CT molecular complexity index is 567. The summed E-state index contributed by atoms with van der Waals surface area (Å²) in [6.45, 7) is 0. The zero-order chi connectivity index (χ0) is 12.4. The fraction of sp³-hybridized carbons (Fsp3) is 0. The van der Waals surface area contributed by atoms with Gasteiger partial charge in [0.05, 0.1) is 5.02 Å². The molecule has 1 heterocycles. The molecule has 0 saturated carbocycles. The molecule has 0 aliphatic rings. The number of rotatable bonds is 2. The summed E-state index contributed by atoms with van der Waals surface area (Å²) in [7, 11) is 0. The summed E-state index contributed by atoms with van der Waals surface area (Å²) in [5.41, 5.74) is 5.57. The molecule has 0 aliphatic carbocycles. The lowest BCUT2D eigenvalue weighted by Crippen LogP contribution is -1.97. The molecule has 0 fully saturated rings. The zero-order valence-corrected chi connectivity index (χ0v) is 10.7. The first-order chi connectivity index (χ1) is 8.08. The molecule has 1 aromatic carbocycles. The Hall–Kier alpha value is -1.40. The number of aromatic nitrogens is 2. The zero-order valence-electron chi connectivity index (χ0n) is 8.32. The Morgan fingerprint density at radius 3 is 2.82 bits per heavy atom. The van der Waals surface area contributed by atoms with E-state index < -0.39 is 5.82 Å². The first kappa shape index (κ1) is 12.1. The molecule has 1 aromatic heterocycles. The minimum absolute atomic E-state index is 0.147. The van der Waals surface area contributed by atoms with Crippen LogP contribution < -0.4 is 10.5 Å². The fourth-order valence-electron chi connectivity index (χ4n) is 1.10. The minimum atomic E-state index is -0.441. The lowest BCUT2D eigenvalue weighted by molar-refractivity contribution is 0.457. The van der Waals surface area contributed by atoms with Gasteiger partial charge in [0, 0.05) is 0 Å². The Labute approximate surface area is 110 Å². The Balaban J connectivity index is 2.35. The highest BCUT2D eigenvalue weighted by Crippen LogP contribution is 2.33. The number of hydrogen-bond donors (Lipinski definition) is 1. The number of benzene rings is 1. The molecular formula is C10H6BrClFN3O. The summed E-state index contributed by atoms with van der Waals surface area (Å²) in [6, 6.07) is 3.79. The van der Waals surface area contributed by atoms with Crippen LogP contribution in [-0.4, -0.2) is 9.97 Å². The Morgan fingerprint density at radius 2 is 2.12 bits per heavy atom. The van der Waals surface area contributed by atoms with E-state index in [-0.39, 0.29) is 22.5 Å². The largest absolute Gasteiger partial charge is 0.436 e. The smallest absolute Gasteiger partial charge is 0.238 e. The van der Waals surface area contributed by atoms with Crippen LogP contribution in [0.25, 0.3) is 0 Å². The number of nitrogen functional groups attached to an aromatic ring is 1. The summed E-state index contributed by atoms with van der Waals surface area (Å²) < 4.78 is 18.7. The summed E-state index contributed by atoms with van der Waals surface area (Å²) >= 11 is 9.00. The summed E-state index contributed by atoms with van der Waals surface area (Å²) in [6.07, 6.45) is 1.26. The Morgan fingerprint density at radius 1 is 1.35 bits per heavy atom. The molecule has 7 heteroatoms. The van der Waals surface area contributed by atoms with Crippen LogP contribution in [0.15, 0.2) is 29.0 Å². The topological polar surface area (TPSA) is 61.0 Å². The van der Waals surface area contributed by atoms with Gasteiger partial charge in [-0.25, -0.2) is 14.4 Å². The molecule has 0 radical (unpaired) electrons. The highest BCUT2D eigenvalue weighted by atomic mass is 79.9. The molecule has 17 heavy (non-hydrogen) atoms. The van der Waals surface area contributed by atoms with Crippen molar-refractivity contribution in [1.82, 2.24) is 9.97 Å². The van der Waals surface area contributed by atoms with Crippen LogP contribution >= 0.6 is 27.5 Å². The summed E-state index contributed by atoms with van der Waals surface area (Å²) in [5, 5.41) is 0.147. The molecule has 88 valence electrons. The van der Waals surface area contributed by atoms with Gasteiger partial charge in [0.1, 0.15) is 28.2 Å². The molecule has 0 saturated heterocycles. The van der Waals surface area contributed by atoms with E-state index in [1.807, 2.05) is 0 Å². The molecule has 0 aliphatic heterocycles. The monoisotopic (exact) mass is 317 g/mol. The van der Waals surface area contributed by atoms with Crippen LogP contribution in [0.3, 0.4) is 0 Å². The second-order valence-corrected chi connectivity index (χ2v) is 4.26. The maximum atomic E-state index is 12.8. The maximum absolute atomic E-state index is 12.8. The van der Waals surface area contributed by atoms with Crippen LogP contribution in [0.4, 0.5) is 10.2 Å². The second-order valence-electron chi connectivity index (χ2n) is 3.05. The van der Waals surface area contributed by atoms with Crippen LogP contribution in [0.1, 0.15) is 0 Å². The van der Waals surface area contributed by atoms with Crippen molar-refractivity contribution in [3.05, 3.63) is 39.8 Å². The van der Waals surface area contributed by atoms with Gasteiger partial charge in [-0.05, 0) is 34.1 Å². The van der Waals surface area contributed by atoms with Crippen LogP contribution in [0, 0.1) is 5.82 Å². The van der Waals surface area contributed by atoms with Crippen molar-refractivity contribution in [2.45, 2.75) is 0 Å². The quantitative estimate of drug-likeness (QED) is 0.922. The number of nitrogens with two attached hydrogens (primary N) is 1. The van der Waals surface area contributed by atoms with Gasteiger partial charge < -0.3 is 10.5 Å². The van der Waals surface area contributed by atoms with E-state index in [0.717, 1.165) is 6.07 Å². The van der Waals surface area contributed by atoms with Crippen molar-refractivity contribution in [2.24, 2.45) is 0 Å². The van der Waals surface area contributed by atoms with E-state index in [9.17, 15) is 4.39 Å². The number of hydrogen-bond acceptors (Lipinski definition) is 4. The lowest BCUT2D eigenvalue weighted by Gasteiger charge is -2.08. The van der Waals surface area contributed by atoms with Gasteiger partial charge in [-0.15, -0.1) is 0 Å². The van der Waals surface area contributed by atoms with Crippen molar-refractivity contribution < 1.29 is 9.13 Å². The van der Waals surface area contributed by atoms with Crippen molar-refractivity contribution >= 4 is 33.3 Å². The molecule has 2 aromatic rings. The van der Waals surface area contributed by atoms with Gasteiger partial charge >= 0.3 is 0 Å². The summed E-state index contributed by atoms with van der Waals surface area (Å²) in [5.74, 6) is 0.301. The molecule has 0 spiro atoms. The van der Waals surface area contributed by atoms with Gasteiger partial charge in [-0.2, -0.15) is 0 Å². The molecule has 2 N–H and O–H groups in total. The molecule has 0 unspecified atom stereocenters. The van der Waals surface area contributed by atoms with Crippen molar-refractivity contribution in [3.63, 3.8) is 0 Å². The fourth-order valence-corrected chi connectivity index (χ4v) is 1.59. The average Bonchev–Trinajstić information content (AvgIpc) is 2.28. The lowest BCUT2D eigenvalue weighted by atomic mass is 10.3. The van der Waals surface area contributed by atoms with Crippen LogP contribution in [0.5, 0.6) is 11.6 Å². The van der Waals surface area contributed by atoms with Gasteiger partial charge in [-0.3, -0.25) is 0 Å². The van der Waals surface area contributed by atoms with E-state index in [1.54, 1.807) is 0 Å². The summed E-state index contributed by atoms with van der Waals surface area (Å²) in [4.78, 5) is 7.65. The number of anilines is 1. The SMILES string of the molecule is Nc1ncnc(Oc2ccc(F)cc2Cl)c1Br. The molecule has 0 bridgehead atoms. The van der Waals surface area contributed by atoms with E-state index >= 15 is 0 Å². The van der Waals surface area contributed by atoms with Crippen molar-refractivity contribution in [3.8, 4) is 11.6 Å². The van der Waals surface area contributed by atoms with E-state index in [4.69, 9.17) is 22.1 Å². The van der Waals surface area contributed by atoms with Crippen LogP contribution in [0.2, 0.25) is 5.02 Å². The van der Waals surface area contributed by atoms with Gasteiger partial charge in [0.2, 0.25) is 5.88 Å². The first-order valence-corrected chi connectivity index (χ1v) is 5.64. The highest BCUT2D eigenvalue weighted by molar-refractivity contribution is 9.10. The number of halogens is 3. The number of nitrogens with zero attached hydrogens (tertiary/aromatic N) is 2. The molecule has 4 nitrogen and oxygen atoms in total. The van der Waals surface area contributed by atoms with Gasteiger partial charge in [0.25, 0.3) is 0 Å². The standard InChI is InChI=1S/C10H6BrClFN3O/c11-8-9(14)15-4-16-10(8)17-7-2-1-5(13)3-6(7)12/h1-4H,(H2,14,15,16). The predicted octanol–water partition coefficient (Wildman–Crippen LogP) is 3.41.